The zero-order valence-corrected chi connectivity index (χ0v) is 11.5. The van der Waals surface area contributed by atoms with Gasteiger partial charge in [-0.3, -0.25) is 0 Å². The number of rotatable bonds is 5. The quantitative estimate of drug-likeness (QED) is 0.878. The number of sulfonamides is 1. The number of aryl methyl sites for hydroxylation is 1. The summed E-state index contributed by atoms with van der Waals surface area (Å²) < 4.78 is 31.4. The van der Waals surface area contributed by atoms with Crippen molar-refractivity contribution in [3.63, 3.8) is 0 Å². The first-order valence-corrected chi connectivity index (χ1v) is 7.56. The van der Waals surface area contributed by atoms with Crippen LogP contribution in [0.15, 0.2) is 32.9 Å². The second kappa shape index (κ2) is 5.16. The molecule has 102 valence electrons. The molecule has 0 atom stereocenters. The van der Waals surface area contributed by atoms with Crippen LogP contribution in [0.2, 0.25) is 0 Å². The van der Waals surface area contributed by atoms with Gasteiger partial charge in [-0.2, -0.15) is 0 Å². The first kappa shape index (κ1) is 13.8. The minimum absolute atomic E-state index is 0.0192. The van der Waals surface area contributed by atoms with Crippen molar-refractivity contribution in [1.29, 1.82) is 0 Å². The van der Waals surface area contributed by atoms with E-state index in [1.54, 1.807) is 19.1 Å². The minimum Gasteiger partial charge on any atom is -0.477 e. The van der Waals surface area contributed by atoms with Crippen LogP contribution in [0, 0.1) is 6.92 Å². The molecule has 0 saturated carbocycles. The van der Waals surface area contributed by atoms with Crippen LogP contribution in [0.3, 0.4) is 0 Å². The van der Waals surface area contributed by atoms with Gasteiger partial charge in [0.25, 0.3) is 0 Å². The lowest BCUT2D eigenvalue weighted by molar-refractivity contribution is 0.0702. The predicted octanol–water partition coefficient (Wildman–Crippen LogP) is 1.83. The molecule has 0 aliphatic rings. The van der Waals surface area contributed by atoms with E-state index in [9.17, 15) is 13.2 Å². The van der Waals surface area contributed by atoms with E-state index in [1.807, 2.05) is 0 Å². The highest BCUT2D eigenvalue weighted by molar-refractivity contribution is 7.91. The second-order valence-corrected chi connectivity index (χ2v) is 6.84. The summed E-state index contributed by atoms with van der Waals surface area (Å²) in [6, 6.07) is 5.94. The van der Waals surface area contributed by atoms with E-state index in [4.69, 9.17) is 9.52 Å². The van der Waals surface area contributed by atoms with Crippen molar-refractivity contribution in [2.45, 2.75) is 17.7 Å². The molecule has 0 unspecified atom stereocenters. The lowest BCUT2D eigenvalue weighted by atomic mass is 10.4. The maximum absolute atomic E-state index is 11.9. The van der Waals surface area contributed by atoms with Gasteiger partial charge in [0.05, 0.1) is 6.54 Å². The van der Waals surface area contributed by atoms with Crippen LogP contribution in [0.25, 0.3) is 0 Å². The molecule has 2 aromatic heterocycles. The van der Waals surface area contributed by atoms with Crippen molar-refractivity contribution in [2.75, 3.05) is 0 Å². The zero-order chi connectivity index (χ0) is 14.0. The second-order valence-electron chi connectivity index (χ2n) is 3.76. The highest BCUT2D eigenvalue weighted by Crippen LogP contribution is 2.21. The Hall–Kier alpha value is -1.64. The molecule has 2 rings (SSSR count). The smallest absolute Gasteiger partial charge is 0.345 e. The molecule has 8 heteroatoms. The summed E-state index contributed by atoms with van der Waals surface area (Å²) >= 11 is 0.708. The Kier molecular flexibility index (Phi) is 3.74. The third-order valence-electron chi connectivity index (χ3n) is 2.29. The summed E-state index contributed by atoms with van der Waals surface area (Å²) in [5, 5.41) is 8.75. The zero-order valence-electron chi connectivity index (χ0n) is 9.91. The lowest BCUT2D eigenvalue weighted by Crippen LogP contribution is -2.22. The van der Waals surface area contributed by atoms with Crippen molar-refractivity contribution < 1.29 is 22.7 Å². The van der Waals surface area contributed by atoms with E-state index in [0.29, 0.717) is 22.9 Å². The lowest BCUT2D eigenvalue weighted by Gasteiger charge is -2.02. The molecule has 19 heavy (non-hydrogen) atoms. The molecule has 0 aromatic carbocycles. The fourth-order valence-corrected chi connectivity index (χ4v) is 3.58. The standard InChI is InChI=1S/C11H11NO5S2/c1-7-2-3-8(17-7)6-12-19(15,16)10-5-4-9(18-10)11(13)14/h2-5,12H,6H2,1H3,(H,13,14). The number of aromatic carboxylic acids is 1. The van der Waals surface area contributed by atoms with E-state index >= 15 is 0 Å². The molecule has 2 aromatic rings. The van der Waals surface area contributed by atoms with Gasteiger partial charge in [-0.1, -0.05) is 0 Å². The van der Waals surface area contributed by atoms with Gasteiger partial charge in [0.15, 0.2) is 0 Å². The van der Waals surface area contributed by atoms with Crippen molar-refractivity contribution in [3.05, 3.63) is 40.7 Å². The van der Waals surface area contributed by atoms with E-state index in [0.717, 1.165) is 0 Å². The fraction of sp³-hybridized carbons (Fsp3) is 0.182. The van der Waals surface area contributed by atoms with E-state index in [-0.39, 0.29) is 15.6 Å². The third kappa shape index (κ3) is 3.22. The van der Waals surface area contributed by atoms with Crippen molar-refractivity contribution in [2.24, 2.45) is 0 Å². The third-order valence-corrected chi connectivity index (χ3v) is 5.26. The number of furan rings is 1. The Morgan fingerprint density at radius 2 is 2.11 bits per heavy atom. The molecule has 0 fully saturated rings. The summed E-state index contributed by atoms with van der Waals surface area (Å²) in [6.45, 7) is 1.78. The van der Waals surface area contributed by atoms with Gasteiger partial charge >= 0.3 is 5.97 Å². The molecule has 2 heterocycles. The van der Waals surface area contributed by atoms with Crippen molar-refractivity contribution in [1.82, 2.24) is 4.72 Å². The number of carbonyl (C=O) groups is 1. The number of hydrogen-bond donors (Lipinski definition) is 2. The SMILES string of the molecule is Cc1ccc(CNS(=O)(=O)c2ccc(C(=O)O)s2)o1. The van der Waals surface area contributed by atoms with Gasteiger partial charge < -0.3 is 9.52 Å². The maximum atomic E-state index is 11.9. The maximum Gasteiger partial charge on any atom is 0.345 e. The summed E-state index contributed by atoms with van der Waals surface area (Å²) in [4.78, 5) is 10.7. The van der Waals surface area contributed by atoms with Gasteiger partial charge in [-0.25, -0.2) is 17.9 Å². The Morgan fingerprint density at radius 3 is 2.63 bits per heavy atom. The fourth-order valence-electron chi connectivity index (χ4n) is 1.40. The molecule has 2 N–H and O–H groups in total. The molecular formula is C11H11NO5S2. The monoisotopic (exact) mass is 301 g/mol. The summed E-state index contributed by atoms with van der Waals surface area (Å²) in [6.07, 6.45) is 0. The van der Waals surface area contributed by atoms with Crippen LogP contribution in [-0.2, 0) is 16.6 Å². The number of hydrogen-bond acceptors (Lipinski definition) is 5. The molecule has 0 aliphatic carbocycles. The summed E-state index contributed by atoms with van der Waals surface area (Å²) in [7, 11) is -3.72. The molecule has 0 radical (unpaired) electrons. The number of nitrogens with one attached hydrogen (secondary N) is 1. The topological polar surface area (TPSA) is 96.6 Å². The summed E-state index contributed by atoms with van der Waals surface area (Å²) in [5.74, 6) is 0.0442. The summed E-state index contributed by atoms with van der Waals surface area (Å²) in [5.41, 5.74) is 0. The van der Waals surface area contributed by atoms with Crippen LogP contribution in [0.5, 0.6) is 0 Å². The highest BCUT2D eigenvalue weighted by atomic mass is 32.2. The van der Waals surface area contributed by atoms with Crippen molar-refractivity contribution >= 4 is 27.3 Å². The first-order chi connectivity index (χ1) is 8.88. The average Bonchev–Trinajstić information content (AvgIpc) is 2.95. The molecule has 0 bridgehead atoms. The Balaban J connectivity index is 2.11. The Bertz CT molecular complexity index is 698. The van der Waals surface area contributed by atoms with Crippen LogP contribution in [-0.4, -0.2) is 19.5 Å². The molecular weight excluding hydrogens is 290 g/mol. The number of carboxylic acids is 1. The van der Waals surface area contributed by atoms with Crippen LogP contribution in [0.4, 0.5) is 0 Å². The van der Waals surface area contributed by atoms with Gasteiger partial charge in [0.2, 0.25) is 10.0 Å². The van der Waals surface area contributed by atoms with Gasteiger partial charge in [0, 0.05) is 0 Å². The Labute approximate surface area is 113 Å². The van der Waals surface area contributed by atoms with Crippen LogP contribution in [0.1, 0.15) is 21.2 Å². The molecule has 6 nitrogen and oxygen atoms in total. The normalized spacial score (nSPS) is 11.6. The molecule has 0 saturated heterocycles. The van der Waals surface area contributed by atoms with Gasteiger partial charge in [-0.05, 0) is 31.2 Å². The Morgan fingerprint density at radius 1 is 1.37 bits per heavy atom. The van der Waals surface area contributed by atoms with Gasteiger partial charge in [-0.15, -0.1) is 11.3 Å². The average molecular weight is 301 g/mol. The van der Waals surface area contributed by atoms with Gasteiger partial charge in [0.1, 0.15) is 20.6 Å². The predicted molar refractivity (Wildman–Crippen MR) is 68.7 cm³/mol. The first-order valence-electron chi connectivity index (χ1n) is 5.26. The molecule has 0 spiro atoms. The van der Waals surface area contributed by atoms with Crippen molar-refractivity contribution in [3.8, 4) is 0 Å². The molecule has 0 aliphatic heterocycles. The number of thiophene rings is 1. The minimum atomic E-state index is -3.72. The van der Waals surface area contributed by atoms with Crippen LogP contribution < -0.4 is 4.72 Å². The van der Waals surface area contributed by atoms with E-state index < -0.39 is 16.0 Å². The number of carboxylic acid groups (broad SMARTS) is 1. The largest absolute Gasteiger partial charge is 0.477 e. The van der Waals surface area contributed by atoms with E-state index in [2.05, 4.69) is 4.72 Å². The molecule has 0 amide bonds. The van der Waals surface area contributed by atoms with E-state index in [1.165, 1.54) is 12.1 Å². The van der Waals surface area contributed by atoms with Crippen LogP contribution >= 0.6 is 11.3 Å². The highest BCUT2D eigenvalue weighted by Gasteiger charge is 2.19.